The summed E-state index contributed by atoms with van der Waals surface area (Å²) in [6.07, 6.45) is 1.46. The third-order valence-electron chi connectivity index (χ3n) is 2.11. The van der Waals surface area contributed by atoms with Crippen LogP contribution in [0.3, 0.4) is 0 Å². The average Bonchev–Trinajstić information content (AvgIpc) is 2.83. The normalized spacial score (nSPS) is 11.7. The second kappa shape index (κ2) is 5.52. The number of hydrogen-bond donors (Lipinski definition) is 1. The fourth-order valence-corrected chi connectivity index (χ4v) is 3.75. The molecule has 0 bridgehead atoms. The van der Waals surface area contributed by atoms with Gasteiger partial charge < -0.3 is 4.52 Å². The van der Waals surface area contributed by atoms with Gasteiger partial charge in [-0.15, -0.1) is 0 Å². The Kier molecular flexibility index (Phi) is 4.21. The maximum atomic E-state index is 12.1. The van der Waals surface area contributed by atoms with Crippen molar-refractivity contribution in [3.05, 3.63) is 45.2 Å². The van der Waals surface area contributed by atoms with Gasteiger partial charge in [0.15, 0.2) is 5.76 Å². The standard InChI is InChI=1S/C10H8Br2N2O3S/c11-7-1-2-9(12)10(5-7)18(15,16)14-6-8-3-4-13-17-8/h1-5,14H,6H2. The Hall–Kier alpha value is -0.700. The van der Waals surface area contributed by atoms with Gasteiger partial charge in [0, 0.05) is 15.0 Å². The molecule has 0 aliphatic rings. The molecule has 18 heavy (non-hydrogen) atoms. The van der Waals surface area contributed by atoms with Crippen molar-refractivity contribution in [1.29, 1.82) is 0 Å². The summed E-state index contributed by atoms with van der Waals surface area (Å²) in [7, 11) is -3.60. The van der Waals surface area contributed by atoms with Gasteiger partial charge in [-0.1, -0.05) is 21.1 Å². The molecule has 96 valence electrons. The summed E-state index contributed by atoms with van der Waals surface area (Å²) in [6, 6.07) is 6.53. The van der Waals surface area contributed by atoms with Crippen LogP contribution >= 0.6 is 31.9 Å². The molecule has 0 aliphatic heterocycles. The molecule has 0 amide bonds. The monoisotopic (exact) mass is 394 g/mol. The number of hydrogen-bond acceptors (Lipinski definition) is 4. The van der Waals surface area contributed by atoms with E-state index in [1.54, 1.807) is 18.2 Å². The molecule has 0 saturated carbocycles. The third-order valence-corrected chi connectivity index (χ3v) is 5.00. The lowest BCUT2D eigenvalue weighted by molar-refractivity contribution is 0.380. The van der Waals surface area contributed by atoms with E-state index in [0.717, 1.165) is 0 Å². The van der Waals surface area contributed by atoms with Gasteiger partial charge in [0.05, 0.1) is 17.6 Å². The summed E-state index contributed by atoms with van der Waals surface area (Å²) in [4.78, 5) is 0.163. The minimum atomic E-state index is -3.60. The number of halogens is 2. The Balaban J connectivity index is 2.22. The van der Waals surface area contributed by atoms with E-state index in [1.165, 1.54) is 12.3 Å². The van der Waals surface area contributed by atoms with Crippen molar-refractivity contribution in [2.45, 2.75) is 11.4 Å². The van der Waals surface area contributed by atoms with Crippen LogP contribution in [0, 0.1) is 0 Å². The van der Waals surface area contributed by atoms with Crippen LogP contribution in [-0.4, -0.2) is 13.6 Å². The number of nitrogens with zero attached hydrogens (tertiary/aromatic N) is 1. The first-order chi connectivity index (χ1) is 8.49. The van der Waals surface area contributed by atoms with Crippen molar-refractivity contribution >= 4 is 41.9 Å². The zero-order chi connectivity index (χ0) is 13.2. The zero-order valence-corrected chi connectivity index (χ0v) is 12.9. The molecule has 0 unspecified atom stereocenters. The van der Waals surface area contributed by atoms with E-state index in [1.807, 2.05) is 0 Å². The van der Waals surface area contributed by atoms with Crippen molar-refractivity contribution in [1.82, 2.24) is 9.88 Å². The van der Waals surface area contributed by atoms with Crippen LogP contribution < -0.4 is 4.72 Å². The van der Waals surface area contributed by atoms with Crippen molar-refractivity contribution in [3.63, 3.8) is 0 Å². The molecule has 0 fully saturated rings. The van der Waals surface area contributed by atoms with E-state index < -0.39 is 10.0 Å². The van der Waals surface area contributed by atoms with Crippen molar-refractivity contribution in [2.75, 3.05) is 0 Å². The molecule has 2 rings (SSSR count). The van der Waals surface area contributed by atoms with E-state index >= 15 is 0 Å². The molecule has 0 spiro atoms. The van der Waals surface area contributed by atoms with Crippen LogP contribution in [0.15, 0.2) is 48.8 Å². The first-order valence-electron chi connectivity index (χ1n) is 4.83. The number of aromatic nitrogens is 1. The van der Waals surface area contributed by atoms with Crippen LogP contribution in [0.5, 0.6) is 0 Å². The maximum Gasteiger partial charge on any atom is 0.242 e. The molecule has 0 radical (unpaired) electrons. The summed E-state index contributed by atoms with van der Waals surface area (Å²) in [5, 5.41) is 3.50. The minimum Gasteiger partial charge on any atom is -0.360 e. The van der Waals surface area contributed by atoms with Gasteiger partial charge in [-0.05, 0) is 34.1 Å². The van der Waals surface area contributed by atoms with E-state index in [4.69, 9.17) is 4.52 Å². The SMILES string of the molecule is O=S(=O)(NCc1ccno1)c1cc(Br)ccc1Br. The molecule has 8 heteroatoms. The molecule has 1 aromatic carbocycles. The lowest BCUT2D eigenvalue weighted by Crippen LogP contribution is -2.23. The molecular formula is C10H8Br2N2O3S. The highest BCUT2D eigenvalue weighted by Crippen LogP contribution is 2.25. The molecule has 0 atom stereocenters. The van der Waals surface area contributed by atoms with Crippen LogP contribution in [0.25, 0.3) is 0 Å². The minimum absolute atomic E-state index is 0.0568. The summed E-state index contributed by atoms with van der Waals surface area (Å²) in [5.41, 5.74) is 0. The highest BCUT2D eigenvalue weighted by atomic mass is 79.9. The predicted molar refractivity (Wildman–Crippen MR) is 72.4 cm³/mol. The fourth-order valence-electron chi connectivity index (χ4n) is 1.26. The van der Waals surface area contributed by atoms with Crippen molar-refractivity contribution in [3.8, 4) is 0 Å². The van der Waals surface area contributed by atoms with E-state index in [-0.39, 0.29) is 11.4 Å². The Morgan fingerprint density at radius 3 is 2.72 bits per heavy atom. The second-order valence-corrected chi connectivity index (χ2v) is 6.88. The van der Waals surface area contributed by atoms with Crippen LogP contribution in [0.1, 0.15) is 5.76 Å². The summed E-state index contributed by atoms with van der Waals surface area (Å²) in [5.74, 6) is 0.449. The average molecular weight is 396 g/mol. The van der Waals surface area contributed by atoms with Crippen molar-refractivity contribution < 1.29 is 12.9 Å². The zero-order valence-electron chi connectivity index (χ0n) is 8.93. The van der Waals surface area contributed by atoms with Crippen LogP contribution in [-0.2, 0) is 16.6 Å². The Morgan fingerprint density at radius 2 is 2.06 bits per heavy atom. The third kappa shape index (κ3) is 3.19. The number of rotatable bonds is 4. The van der Waals surface area contributed by atoms with Crippen molar-refractivity contribution in [2.24, 2.45) is 0 Å². The predicted octanol–water partition coefficient (Wildman–Crippen LogP) is 2.68. The van der Waals surface area contributed by atoms with Gasteiger partial charge in [-0.25, -0.2) is 13.1 Å². The van der Waals surface area contributed by atoms with E-state index in [2.05, 4.69) is 41.7 Å². The molecule has 1 aromatic heterocycles. The lowest BCUT2D eigenvalue weighted by atomic mass is 10.4. The number of benzene rings is 1. The first kappa shape index (κ1) is 13.7. The molecule has 2 aromatic rings. The summed E-state index contributed by atoms with van der Waals surface area (Å²) < 4.78 is 32.6. The first-order valence-corrected chi connectivity index (χ1v) is 7.90. The maximum absolute atomic E-state index is 12.1. The number of sulfonamides is 1. The Labute approximate surface area is 121 Å². The van der Waals surface area contributed by atoms with Gasteiger partial charge in [-0.2, -0.15) is 0 Å². The molecule has 1 heterocycles. The molecule has 1 N–H and O–H groups in total. The summed E-state index contributed by atoms with van der Waals surface area (Å²) in [6.45, 7) is 0.0568. The van der Waals surface area contributed by atoms with Crippen LogP contribution in [0.4, 0.5) is 0 Å². The second-order valence-electron chi connectivity index (χ2n) is 3.38. The van der Waals surface area contributed by atoms with E-state index in [0.29, 0.717) is 14.7 Å². The Bertz CT molecular complexity index is 641. The molecular weight excluding hydrogens is 388 g/mol. The quantitative estimate of drug-likeness (QED) is 0.863. The highest BCUT2D eigenvalue weighted by molar-refractivity contribution is 9.11. The lowest BCUT2D eigenvalue weighted by Gasteiger charge is -2.07. The van der Waals surface area contributed by atoms with Gasteiger partial charge in [0.25, 0.3) is 0 Å². The largest absolute Gasteiger partial charge is 0.360 e. The smallest absolute Gasteiger partial charge is 0.242 e. The number of nitrogens with one attached hydrogen (secondary N) is 1. The molecule has 5 nitrogen and oxygen atoms in total. The Morgan fingerprint density at radius 1 is 1.28 bits per heavy atom. The van der Waals surface area contributed by atoms with Gasteiger partial charge in [-0.3, -0.25) is 0 Å². The van der Waals surface area contributed by atoms with Gasteiger partial charge in [0.1, 0.15) is 0 Å². The van der Waals surface area contributed by atoms with Crippen LogP contribution in [0.2, 0.25) is 0 Å². The molecule has 0 aliphatic carbocycles. The highest BCUT2D eigenvalue weighted by Gasteiger charge is 2.18. The van der Waals surface area contributed by atoms with Gasteiger partial charge >= 0.3 is 0 Å². The van der Waals surface area contributed by atoms with E-state index in [9.17, 15) is 8.42 Å². The topological polar surface area (TPSA) is 72.2 Å². The molecule has 0 saturated heterocycles. The summed E-state index contributed by atoms with van der Waals surface area (Å²) >= 11 is 6.45. The van der Waals surface area contributed by atoms with Gasteiger partial charge in [0.2, 0.25) is 10.0 Å². The fraction of sp³-hybridized carbons (Fsp3) is 0.100.